The molecule has 1 aromatic carbocycles. The lowest BCUT2D eigenvalue weighted by Gasteiger charge is -2.09. The van der Waals surface area contributed by atoms with E-state index in [4.69, 9.17) is 4.74 Å². The molecule has 0 aromatic heterocycles. The lowest BCUT2D eigenvalue weighted by Crippen LogP contribution is -2.08. The number of rotatable bonds is 2. The van der Waals surface area contributed by atoms with E-state index in [2.05, 4.69) is 0 Å². The number of ketones is 1. The summed E-state index contributed by atoms with van der Waals surface area (Å²) in [6, 6.07) is 9.13. The van der Waals surface area contributed by atoms with Crippen LogP contribution in [0.25, 0.3) is 0 Å². The van der Waals surface area contributed by atoms with E-state index in [1.54, 1.807) is 18.2 Å². The predicted octanol–water partition coefficient (Wildman–Crippen LogP) is 2.34. The zero-order chi connectivity index (χ0) is 9.80. The zero-order valence-corrected chi connectivity index (χ0v) is 7.64. The second kappa shape index (κ2) is 3.92. The monoisotopic (exact) mass is 186 g/mol. The van der Waals surface area contributed by atoms with Gasteiger partial charge in [0.2, 0.25) is 5.78 Å². The number of Topliss-reactive ketones (excluding diaryl/α,β-unsaturated/α-hetero) is 1. The summed E-state index contributed by atoms with van der Waals surface area (Å²) in [4.78, 5) is 11.8. The number of carbonyl (C=O) groups is 1. The number of ether oxygens (including phenoxy) is 1. The van der Waals surface area contributed by atoms with Crippen LogP contribution in [-0.4, -0.2) is 12.4 Å². The van der Waals surface area contributed by atoms with Crippen LogP contribution in [0.3, 0.4) is 0 Å². The Hall–Kier alpha value is -1.83. The summed E-state index contributed by atoms with van der Waals surface area (Å²) in [6.07, 6.45) is 5.39. The van der Waals surface area contributed by atoms with Crippen LogP contribution in [0.1, 0.15) is 10.4 Å². The normalized spacial score (nSPS) is 14.4. The highest BCUT2D eigenvalue weighted by Crippen LogP contribution is 2.12. The highest BCUT2D eigenvalue weighted by atomic mass is 16.5. The Morgan fingerprint density at radius 2 is 2.00 bits per heavy atom. The molecule has 1 aliphatic rings. The average Bonchev–Trinajstić information content (AvgIpc) is 2.30. The molecule has 0 spiro atoms. The molecule has 0 N–H and O–H groups in total. The van der Waals surface area contributed by atoms with Gasteiger partial charge in [-0.3, -0.25) is 4.79 Å². The molecule has 2 rings (SSSR count). The van der Waals surface area contributed by atoms with Crippen molar-refractivity contribution in [1.29, 1.82) is 0 Å². The van der Waals surface area contributed by atoms with Gasteiger partial charge in [-0.15, -0.1) is 0 Å². The molecule has 0 fully saturated rings. The molecular formula is C12H10O2. The summed E-state index contributed by atoms with van der Waals surface area (Å²) >= 11 is 0. The molecule has 0 bridgehead atoms. The van der Waals surface area contributed by atoms with Crippen LogP contribution < -0.4 is 0 Å². The van der Waals surface area contributed by atoms with Crippen molar-refractivity contribution in [2.75, 3.05) is 6.61 Å². The molecule has 0 saturated carbocycles. The van der Waals surface area contributed by atoms with Crippen molar-refractivity contribution in [3.05, 3.63) is 59.9 Å². The zero-order valence-electron chi connectivity index (χ0n) is 7.64. The maximum absolute atomic E-state index is 11.8. The number of hydrogen-bond donors (Lipinski definition) is 0. The van der Waals surface area contributed by atoms with Gasteiger partial charge in [0.1, 0.15) is 6.61 Å². The Bertz CT molecular complexity index is 388. The average molecular weight is 186 g/mol. The molecule has 0 amide bonds. The van der Waals surface area contributed by atoms with Crippen molar-refractivity contribution in [1.82, 2.24) is 0 Å². The summed E-state index contributed by atoms with van der Waals surface area (Å²) in [5, 5.41) is 0. The van der Waals surface area contributed by atoms with E-state index in [9.17, 15) is 4.79 Å². The standard InChI is InChI=1S/C12H10O2/c13-12(10-6-2-1-3-7-10)11-8-4-5-9-14-11/h1-8H,9H2. The first-order valence-corrected chi connectivity index (χ1v) is 4.47. The number of hydrogen-bond acceptors (Lipinski definition) is 2. The Kier molecular flexibility index (Phi) is 2.45. The van der Waals surface area contributed by atoms with Crippen LogP contribution in [-0.2, 0) is 4.74 Å². The third-order valence-corrected chi connectivity index (χ3v) is 1.98. The quantitative estimate of drug-likeness (QED) is 0.662. The molecule has 0 atom stereocenters. The fraction of sp³-hybridized carbons (Fsp3) is 0.0833. The van der Waals surface area contributed by atoms with Gasteiger partial charge in [0.25, 0.3) is 0 Å². The van der Waals surface area contributed by atoms with Crippen molar-refractivity contribution >= 4 is 5.78 Å². The fourth-order valence-corrected chi connectivity index (χ4v) is 1.27. The van der Waals surface area contributed by atoms with Crippen LogP contribution in [0.4, 0.5) is 0 Å². The molecule has 14 heavy (non-hydrogen) atoms. The van der Waals surface area contributed by atoms with Crippen LogP contribution >= 0.6 is 0 Å². The van der Waals surface area contributed by atoms with Crippen LogP contribution in [0, 0.1) is 0 Å². The van der Waals surface area contributed by atoms with E-state index in [0.29, 0.717) is 17.9 Å². The number of allylic oxidation sites excluding steroid dienone is 3. The Morgan fingerprint density at radius 1 is 1.21 bits per heavy atom. The molecule has 1 heterocycles. The predicted molar refractivity (Wildman–Crippen MR) is 53.9 cm³/mol. The van der Waals surface area contributed by atoms with Crippen molar-refractivity contribution in [3.63, 3.8) is 0 Å². The first-order chi connectivity index (χ1) is 6.88. The Morgan fingerprint density at radius 3 is 2.64 bits per heavy atom. The third-order valence-electron chi connectivity index (χ3n) is 1.98. The van der Waals surface area contributed by atoms with Crippen molar-refractivity contribution in [2.45, 2.75) is 0 Å². The van der Waals surface area contributed by atoms with Crippen molar-refractivity contribution in [3.8, 4) is 0 Å². The maximum atomic E-state index is 11.8. The van der Waals surface area contributed by atoms with Crippen LogP contribution in [0.2, 0.25) is 0 Å². The highest BCUT2D eigenvalue weighted by molar-refractivity contribution is 6.07. The lowest BCUT2D eigenvalue weighted by atomic mass is 10.1. The van der Waals surface area contributed by atoms with E-state index in [1.165, 1.54) is 0 Å². The maximum Gasteiger partial charge on any atom is 0.227 e. The van der Waals surface area contributed by atoms with Crippen molar-refractivity contribution in [2.24, 2.45) is 0 Å². The topological polar surface area (TPSA) is 26.3 Å². The summed E-state index contributed by atoms with van der Waals surface area (Å²) in [7, 11) is 0. The summed E-state index contributed by atoms with van der Waals surface area (Å²) in [5.74, 6) is 0.355. The van der Waals surface area contributed by atoms with Gasteiger partial charge in [-0.25, -0.2) is 0 Å². The smallest absolute Gasteiger partial charge is 0.227 e. The number of benzene rings is 1. The molecule has 0 unspecified atom stereocenters. The molecule has 0 aliphatic carbocycles. The van der Waals surface area contributed by atoms with Gasteiger partial charge in [0.15, 0.2) is 5.76 Å². The van der Waals surface area contributed by atoms with Gasteiger partial charge in [-0.2, -0.15) is 0 Å². The van der Waals surface area contributed by atoms with Crippen LogP contribution in [0.15, 0.2) is 54.3 Å². The third kappa shape index (κ3) is 1.74. The first kappa shape index (κ1) is 8.75. The minimum absolute atomic E-state index is 0.0602. The molecular weight excluding hydrogens is 176 g/mol. The highest BCUT2D eigenvalue weighted by Gasteiger charge is 2.13. The first-order valence-electron chi connectivity index (χ1n) is 4.47. The molecule has 2 heteroatoms. The lowest BCUT2D eigenvalue weighted by molar-refractivity contribution is 0.0933. The summed E-state index contributed by atoms with van der Waals surface area (Å²) in [6.45, 7) is 0.477. The van der Waals surface area contributed by atoms with E-state index in [1.807, 2.05) is 30.4 Å². The van der Waals surface area contributed by atoms with Gasteiger partial charge in [-0.1, -0.05) is 36.4 Å². The minimum Gasteiger partial charge on any atom is -0.485 e. The van der Waals surface area contributed by atoms with Gasteiger partial charge in [-0.05, 0) is 12.2 Å². The van der Waals surface area contributed by atoms with E-state index >= 15 is 0 Å². The second-order valence-electron chi connectivity index (χ2n) is 2.97. The van der Waals surface area contributed by atoms with Gasteiger partial charge < -0.3 is 4.74 Å². The molecule has 1 aromatic rings. The summed E-state index contributed by atoms with van der Waals surface area (Å²) < 4.78 is 5.22. The van der Waals surface area contributed by atoms with Crippen LogP contribution in [0.5, 0.6) is 0 Å². The van der Waals surface area contributed by atoms with Gasteiger partial charge in [0, 0.05) is 5.56 Å². The number of carbonyl (C=O) groups excluding carboxylic acids is 1. The van der Waals surface area contributed by atoms with E-state index in [-0.39, 0.29) is 5.78 Å². The minimum atomic E-state index is -0.0602. The summed E-state index contributed by atoms with van der Waals surface area (Å²) in [5.41, 5.74) is 0.661. The SMILES string of the molecule is O=C(C1=CC=CCO1)c1ccccc1. The molecule has 0 saturated heterocycles. The Balaban J connectivity index is 2.24. The molecule has 1 aliphatic heterocycles. The Labute approximate surface area is 82.5 Å². The molecule has 70 valence electrons. The fourth-order valence-electron chi connectivity index (χ4n) is 1.27. The largest absolute Gasteiger partial charge is 0.485 e. The second-order valence-corrected chi connectivity index (χ2v) is 2.97. The molecule has 2 nitrogen and oxygen atoms in total. The van der Waals surface area contributed by atoms with E-state index in [0.717, 1.165) is 0 Å². The van der Waals surface area contributed by atoms with Gasteiger partial charge in [0.05, 0.1) is 0 Å². The van der Waals surface area contributed by atoms with Gasteiger partial charge >= 0.3 is 0 Å². The molecule has 0 radical (unpaired) electrons. The van der Waals surface area contributed by atoms with Crippen molar-refractivity contribution < 1.29 is 9.53 Å². The van der Waals surface area contributed by atoms with E-state index < -0.39 is 0 Å².